The molecule has 0 aliphatic carbocycles. The molecule has 1 amide bonds. The zero-order valence-electron chi connectivity index (χ0n) is 12.6. The van der Waals surface area contributed by atoms with Crippen LogP contribution in [0.4, 0.5) is 0 Å². The molecule has 0 spiro atoms. The Bertz CT molecular complexity index is 569. The summed E-state index contributed by atoms with van der Waals surface area (Å²) in [4.78, 5) is 13.6. The second-order valence-electron chi connectivity index (χ2n) is 5.54. The predicted molar refractivity (Wildman–Crippen MR) is 90.2 cm³/mol. The van der Waals surface area contributed by atoms with Crippen LogP contribution < -0.4 is 10.2 Å². The summed E-state index contributed by atoms with van der Waals surface area (Å²) in [6.07, 6.45) is 5.49. The van der Waals surface area contributed by atoms with Gasteiger partial charge in [0.25, 0.3) is 5.91 Å². The van der Waals surface area contributed by atoms with Gasteiger partial charge >= 0.3 is 0 Å². The lowest BCUT2D eigenvalue weighted by molar-refractivity contribution is -0.903. The number of piperidine rings is 1. The van der Waals surface area contributed by atoms with E-state index in [0.717, 1.165) is 16.6 Å². The zero-order valence-corrected chi connectivity index (χ0v) is 14.2. The highest BCUT2D eigenvalue weighted by Gasteiger charge is 2.14. The van der Waals surface area contributed by atoms with Crippen molar-refractivity contribution in [2.24, 2.45) is 0 Å². The molecule has 1 heterocycles. The van der Waals surface area contributed by atoms with Crippen LogP contribution in [0, 0.1) is 11.3 Å². The first-order chi connectivity index (χ1) is 10.7. The molecule has 0 radical (unpaired) electrons. The van der Waals surface area contributed by atoms with Crippen molar-refractivity contribution in [2.45, 2.75) is 19.3 Å². The van der Waals surface area contributed by atoms with Gasteiger partial charge in [-0.3, -0.25) is 4.79 Å². The molecule has 0 atom stereocenters. The summed E-state index contributed by atoms with van der Waals surface area (Å²) in [6, 6.07) is 9.49. The lowest BCUT2D eigenvalue weighted by Gasteiger charge is -2.23. The van der Waals surface area contributed by atoms with Crippen LogP contribution in [0.5, 0.6) is 0 Å². The maximum atomic E-state index is 12.1. The molecular weight excluding hydrogens is 342 g/mol. The molecule has 116 valence electrons. The summed E-state index contributed by atoms with van der Waals surface area (Å²) < 4.78 is 0.970. The third-order valence-corrected chi connectivity index (χ3v) is 4.40. The molecule has 4 nitrogen and oxygen atoms in total. The van der Waals surface area contributed by atoms with Gasteiger partial charge in [0, 0.05) is 4.47 Å². The molecule has 0 aromatic heterocycles. The van der Waals surface area contributed by atoms with Crippen LogP contribution in [0.3, 0.4) is 0 Å². The third-order valence-electron chi connectivity index (χ3n) is 3.87. The second kappa shape index (κ2) is 8.72. The minimum Gasteiger partial charge on any atom is -0.346 e. The molecule has 5 heteroatoms. The average Bonchev–Trinajstić information content (AvgIpc) is 2.55. The van der Waals surface area contributed by atoms with E-state index in [9.17, 15) is 4.79 Å². The summed E-state index contributed by atoms with van der Waals surface area (Å²) in [7, 11) is 0. The topological polar surface area (TPSA) is 57.3 Å². The summed E-state index contributed by atoms with van der Waals surface area (Å²) in [6.45, 7) is 3.93. The molecule has 1 aliphatic rings. The maximum Gasteiger partial charge on any atom is 0.262 e. The standard InChI is InChI=1S/C17H20BrN3O/c18-16-6-4-14(5-7-16)12-15(13-19)17(22)20-8-11-21-9-2-1-3-10-21/h4-7,12H,1-3,8-11H2,(H,20,22)/p+1/b15-12+. The van der Waals surface area contributed by atoms with Gasteiger partial charge in [-0.1, -0.05) is 28.1 Å². The highest BCUT2D eigenvalue weighted by molar-refractivity contribution is 9.10. The molecule has 2 rings (SSSR count). The van der Waals surface area contributed by atoms with Crippen LogP contribution in [-0.2, 0) is 4.79 Å². The van der Waals surface area contributed by atoms with Gasteiger partial charge in [-0.2, -0.15) is 5.26 Å². The van der Waals surface area contributed by atoms with Crippen LogP contribution in [0.2, 0.25) is 0 Å². The smallest absolute Gasteiger partial charge is 0.262 e. The van der Waals surface area contributed by atoms with E-state index in [4.69, 9.17) is 5.26 Å². The van der Waals surface area contributed by atoms with Gasteiger partial charge in [0.15, 0.2) is 0 Å². The lowest BCUT2D eigenvalue weighted by Crippen LogP contribution is -3.13. The van der Waals surface area contributed by atoms with Gasteiger partial charge in [0.05, 0.1) is 26.2 Å². The molecule has 2 N–H and O–H groups in total. The van der Waals surface area contributed by atoms with Crippen molar-refractivity contribution < 1.29 is 9.69 Å². The zero-order chi connectivity index (χ0) is 15.8. The van der Waals surface area contributed by atoms with Gasteiger partial charge in [-0.05, 0) is 43.0 Å². The average molecular weight is 363 g/mol. The maximum absolute atomic E-state index is 12.1. The number of quaternary nitrogens is 1. The highest BCUT2D eigenvalue weighted by Crippen LogP contribution is 2.13. The Hall–Kier alpha value is -1.64. The number of carbonyl (C=O) groups is 1. The molecule has 1 aliphatic heterocycles. The minimum atomic E-state index is -0.290. The van der Waals surface area contributed by atoms with E-state index in [0.29, 0.717) is 6.54 Å². The Morgan fingerprint density at radius 2 is 1.95 bits per heavy atom. The quantitative estimate of drug-likeness (QED) is 0.616. The third kappa shape index (κ3) is 5.28. The fourth-order valence-electron chi connectivity index (χ4n) is 2.62. The first-order valence-electron chi connectivity index (χ1n) is 7.68. The highest BCUT2D eigenvalue weighted by atomic mass is 79.9. The van der Waals surface area contributed by atoms with Crippen molar-refractivity contribution in [3.63, 3.8) is 0 Å². The number of rotatable bonds is 5. The number of nitrogens with one attached hydrogen (secondary N) is 2. The van der Waals surface area contributed by atoms with Crippen LogP contribution in [-0.4, -0.2) is 32.1 Å². The van der Waals surface area contributed by atoms with E-state index in [-0.39, 0.29) is 11.5 Å². The van der Waals surface area contributed by atoms with Gasteiger partial charge in [-0.15, -0.1) is 0 Å². The molecule has 1 fully saturated rings. The number of hydrogen-bond donors (Lipinski definition) is 2. The number of carbonyl (C=O) groups excluding carboxylic acids is 1. The monoisotopic (exact) mass is 362 g/mol. The molecule has 22 heavy (non-hydrogen) atoms. The lowest BCUT2D eigenvalue weighted by atomic mass is 10.1. The molecular formula is C17H21BrN3O+. The normalized spacial score (nSPS) is 16.1. The Kier molecular flexibility index (Phi) is 6.63. The van der Waals surface area contributed by atoms with Crippen LogP contribution >= 0.6 is 15.9 Å². The van der Waals surface area contributed by atoms with Crippen molar-refractivity contribution in [1.29, 1.82) is 5.26 Å². The van der Waals surface area contributed by atoms with E-state index >= 15 is 0 Å². The number of nitrogens with zero attached hydrogens (tertiary/aromatic N) is 1. The van der Waals surface area contributed by atoms with Crippen molar-refractivity contribution in [1.82, 2.24) is 5.32 Å². The van der Waals surface area contributed by atoms with Crippen molar-refractivity contribution in [2.75, 3.05) is 26.2 Å². The minimum absolute atomic E-state index is 0.149. The fraction of sp³-hybridized carbons (Fsp3) is 0.412. The molecule has 1 saturated heterocycles. The molecule has 0 unspecified atom stereocenters. The number of benzene rings is 1. The van der Waals surface area contributed by atoms with Crippen molar-refractivity contribution >= 4 is 27.9 Å². The number of likely N-dealkylation sites (tertiary alicyclic amines) is 1. The Morgan fingerprint density at radius 3 is 2.59 bits per heavy atom. The number of halogens is 1. The summed E-state index contributed by atoms with van der Waals surface area (Å²) in [5.74, 6) is -0.290. The number of nitriles is 1. The summed E-state index contributed by atoms with van der Waals surface area (Å²) >= 11 is 3.36. The van der Waals surface area contributed by atoms with Crippen molar-refractivity contribution in [3.8, 4) is 6.07 Å². The molecule has 0 bridgehead atoms. The molecule has 1 aromatic rings. The Morgan fingerprint density at radius 1 is 1.27 bits per heavy atom. The summed E-state index contributed by atoms with van der Waals surface area (Å²) in [5.41, 5.74) is 0.993. The first-order valence-corrected chi connectivity index (χ1v) is 8.47. The predicted octanol–water partition coefficient (Wildman–Crippen LogP) is 1.54. The Labute approximate surface area is 139 Å². The second-order valence-corrected chi connectivity index (χ2v) is 6.45. The number of hydrogen-bond acceptors (Lipinski definition) is 2. The first kappa shape index (κ1) is 16.7. The van der Waals surface area contributed by atoms with Gasteiger partial charge < -0.3 is 10.2 Å². The van der Waals surface area contributed by atoms with Crippen LogP contribution in [0.1, 0.15) is 24.8 Å². The van der Waals surface area contributed by atoms with E-state index in [2.05, 4.69) is 21.2 Å². The van der Waals surface area contributed by atoms with Gasteiger partial charge in [-0.25, -0.2) is 0 Å². The van der Waals surface area contributed by atoms with E-state index in [1.807, 2.05) is 30.3 Å². The van der Waals surface area contributed by atoms with Gasteiger partial charge in [0.2, 0.25) is 0 Å². The van der Waals surface area contributed by atoms with Gasteiger partial charge in [0.1, 0.15) is 11.6 Å². The van der Waals surface area contributed by atoms with Crippen molar-refractivity contribution in [3.05, 3.63) is 39.9 Å². The Balaban J connectivity index is 1.86. The van der Waals surface area contributed by atoms with E-state index in [1.165, 1.54) is 32.4 Å². The number of amides is 1. The van der Waals surface area contributed by atoms with Crippen LogP contribution in [0.15, 0.2) is 34.3 Å². The van der Waals surface area contributed by atoms with Crippen LogP contribution in [0.25, 0.3) is 6.08 Å². The van der Waals surface area contributed by atoms with E-state index in [1.54, 1.807) is 11.0 Å². The van der Waals surface area contributed by atoms with E-state index < -0.39 is 0 Å². The molecule has 1 aromatic carbocycles. The largest absolute Gasteiger partial charge is 0.346 e. The fourth-order valence-corrected chi connectivity index (χ4v) is 2.89. The molecule has 0 saturated carbocycles. The SMILES string of the molecule is N#C/C(=C\c1ccc(Br)cc1)C(=O)NCC[NH+]1CCCCC1. The summed E-state index contributed by atoms with van der Waals surface area (Å²) in [5, 5.41) is 12.0.